The zero-order valence-electron chi connectivity index (χ0n) is 16.8. The summed E-state index contributed by atoms with van der Waals surface area (Å²) in [5.41, 5.74) is 1.35. The van der Waals surface area contributed by atoms with Crippen molar-refractivity contribution in [2.75, 3.05) is 26.2 Å². The highest BCUT2D eigenvalue weighted by molar-refractivity contribution is 7.89. The number of sulfonamides is 1. The van der Waals surface area contributed by atoms with E-state index in [1.807, 2.05) is 30.0 Å². The topological polar surface area (TPSA) is 93.3 Å². The van der Waals surface area contributed by atoms with Gasteiger partial charge in [-0.1, -0.05) is 35.9 Å². The van der Waals surface area contributed by atoms with E-state index in [0.717, 1.165) is 5.56 Å². The van der Waals surface area contributed by atoms with E-state index in [1.165, 1.54) is 13.7 Å². The minimum Gasteiger partial charge on any atom is -0.283 e. The summed E-state index contributed by atoms with van der Waals surface area (Å²) in [6.45, 7) is 4.18. The lowest BCUT2D eigenvalue weighted by Gasteiger charge is -2.21. The smallest absolute Gasteiger partial charge is 0.283 e. The molecule has 158 valence electrons. The lowest BCUT2D eigenvalue weighted by Crippen LogP contribution is -2.37. The fourth-order valence-electron chi connectivity index (χ4n) is 3.47. The van der Waals surface area contributed by atoms with Crippen molar-refractivity contribution in [2.45, 2.75) is 24.9 Å². The molecule has 1 fully saturated rings. The molecule has 0 radical (unpaired) electrons. The zero-order chi connectivity index (χ0) is 21.1. The van der Waals surface area contributed by atoms with Crippen LogP contribution in [0.4, 0.5) is 0 Å². The van der Waals surface area contributed by atoms with Gasteiger partial charge in [0.25, 0.3) is 0 Å². The Morgan fingerprint density at radius 1 is 0.900 bits per heavy atom. The van der Waals surface area contributed by atoms with Gasteiger partial charge in [-0.15, -0.1) is 0 Å². The van der Waals surface area contributed by atoms with Gasteiger partial charge >= 0.3 is 5.69 Å². The lowest BCUT2D eigenvalue weighted by atomic mass is 10.2. The molecule has 0 N–H and O–H groups in total. The highest BCUT2D eigenvalue weighted by Crippen LogP contribution is 2.18. The van der Waals surface area contributed by atoms with E-state index in [4.69, 9.17) is 0 Å². The standard InChI is InChI=1S/C20H24N6O3S/c1-17-8-10-19(11-9-17)30(28,29)24-13-5-12-23(14-15-24)16-25-20(27)26(22-21-25)18-6-3-2-4-7-18/h2-4,6-11H,5,12-16H2,1H3. The van der Waals surface area contributed by atoms with Crippen molar-refractivity contribution in [2.24, 2.45) is 0 Å². The maximum absolute atomic E-state index is 13.0. The average molecular weight is 429 g/mol. The summed E-state index contributed by atoms with van der Waals surface area (Å²) in [4.78, 5) is 15.0. The Bertz CT molecular complexity index is 1160. The van der Waals surface area contributed by atoms with Crippen molar-refractivity contribution in [1.29, 1.82) is 0 Å². The van der Waals surface area contributed by atoms with Crippen LogP contribution in [0.25, 0.3) is 5.69 Å². The van der Waals surface area contributed by atoms with Crippen molar-refractivity contribution in [3.8, 4) is 5.69 Å². The van der Waals surface area contributed by atoms with Crippen molar-refractivity contribution in [1.82, 2.24) is 29.0 Å². The molecule has 0 saturated carbocycles. The number of aromatic nitrogens is 4. The van der Waals surface area contributed by atoms with Gasteiger partial charge in [0.05, 0.1) is 10.6 Å². The van der Waals surface area contributed by atoms with Crippen LogP contribution in [-0.2, 0) is 16.7 Å². The van der Waals surface area contributed by atoms with E-state index in [2.05, 4.69) is 10.4 Å². The molecular formula is C20H24N6O3S. The number of para-hydroxylation sites is 1. The largest absolute Gasteiger partial charge is 0.369 e. The first-order chi connectivity index (χ1) is 14.4. The molecule has 1 aliphatic heterocycles. The van der Waals surface area contributed by atoms with Crippen LogP contribution in [0.5, 0.6) is 0 Å². The van der Waals surface area contributed by atoms with Crippen LogP contribution in [0.1, 0.15) is 12.0 Å². The van der Waals surface area contributed by atoms with Crippen LogP contribution in [0.3, 0.4) is 0 Å². The Hall–Kier alpha value is -2.82. The highest BCUT2D eigenvalue weighted by atomic mass is 32.2. The molecule has 2 aromatic carbocycles. The summed E-state index contributed by atoms with van der Waals surface area (Å²) >= 11 is 0. The third kappa shape index (κ3) is 4.20. The summed E-state index contributed by atoms with van der Waals surface area (Å²) in [5.74, 6) is 0. The Kier molecular flexibility index (Phi) is 5.80. The van der Waals surface area contributed by atoms with Gasteiger partial charge in [0.1, 0.15) is 6.67 Å². The average Bonchev–Trinajstić information content (AvgIpc) is 2.95. The quantitative estimate of drug-likeness (QED) is 0.604. The minimum absolute atomic E-state index is 0.268. The number of nitrogens with zero attached hydrogens (tertiary/aromatic N) is 6. The number of tetrazole rings is 1. The van der Waals surface area contributed by atoms with E-state index >= 15 is 0 Å². The van der Waals surface area contributed by atoms with E-state index in [1.54, 1.807) is 36.4 Å². The number of hydrogen-bond donors (Lipinski definition) is 0. The summed E-state index contributed by atoms with van der Waals surface area (Å²) in [6, 6.07) is 16.0. The number of hydrogen-bond acceptors (Lipinski definition) is 6. The molecule has 4 rings (SSSR count). The van der Waals surface area contributed by atoms with Crippen LogP contribution in [0, 0.1) is 6.92 Å². The third-order valence-corrected chi connectivity index (χ3v) is 7.09. The van der Waals surface area contributed by atoms with Crippen molar-refractivity contribution >= 4 is 10.0 Å². The molecule has 30 heavy (non-hydrogen) atoms. The molecule has 3 aromatic rings. The normalized spacial score (nSPS) is 16.4. The molecule has 1 saturated heterocycles. The van der Waals surface area contributed by atoms with Crippen LogP contribution in [0.15, 0.2) is 64.3 Å². The van der Waals surface area contributed by atoms with Crippen LogP contribution in [-0.4, -0.2) is 63.6 Å². The molecule has 1 aromatic heterocycles. The van der Waals surface area contributed by atoms with Gasteiger partial charge < -0.3 is 0 Å². The molecule has 0 unspecified atom stereocenters. The van der Waals surface area contributed by atoms with Gasteiger partial charge in [0.15, 0.2) is 0 Å². The van der Waals surface area contributed by atoms with E-state index < -0.39 is 10.0 Å². The van der Waals surface area contributed by atoms with Gasteiger partial charge in [-0.25, -0.2) is 13.2 Å². The van der Waals surface area contributed by atoms with Crippen LogP contribution in [0.2, 0.25) is 0 Å². The first-order valence-electron chi connectivity index (χ1n) is 9.82. The molecule has 1 aliphatic rings. The summed E-state index contributed by atoms with van der Waals surface area (Å²) in [6.07, 6.45) is 0.673. The molecule has 2 heterocycles. The maximum atomic E-state index is 13.0. The van der Waals surface area contributed by atoms with Crippen molar-refractivity contribution in [3.63, 3.8) is 0 Å². The van der Waals surface area contributed by atoms with Gasteiger partial charge in [-0.05, 0) is 48.0 Å². The number of aryl methyl sites for hydroxylation is 1. The molecule has 0 aliphatic carbocycles. The van der Waals surface area contributed by atoms with Gasteiger partial charge in [-0.2, -0.15) is 13.7 Å². The molecule has 0 bridgehead atoms. The van der Waals surface area contributed by atoms with E-state index in [0.29, 0.717) is 43.2 Å². The number of rotatable bonds is 5. The van der Waals surface area contributed by atoms with Crippen LogP contribution < -0.4 is 5.69 Å². The summed E-state index contributed by atoms with van der Waals surface area (Å²) < 4.78 is 30.0. The molecule has 10 heteroatoms. The lowest BCUT2D eigenvalue weighted by molar-refractivity contribution is 0.212. The second-order valence-electron chi connectivity index (χ2n) is 7.34. The van der Waals surface area contributed by atoms with Crippen LogP contribution >= 0.6 is 0 Å². The second-order valence-corrected chi connectivity index (χ2v) is 9.28. The predicted molar refractivity (Wildman–Crippen MR) is 112 cm³/mol. The predicted octanol–water partition coefficient (Wildman–Crippen LogP) is 1.09. The fraction of sp³-hybridized carbons (Fsp3) is 0.350. The fourth-order valence-corrected chi connectivity index (χ4v) is 4.94. The Balaban J connectivity index is 1.45. The second kappa shape index (κ2) is 8.50. The first-order valence-corrected chi connectivity index (χ1v) is 11.3. The molecule has 0 amide bonds. The highest BCUT2D eigenvalue weighted by Gasteiger charge is 2.27. The third-order valence-electron chi connectivity index (χ3n) is 5.18. The van der Waals surface area contributed by atoms with Gasteiger partial charge in [0, 0.05) is 26.2 Å². The molecule has 9 nitrogen and oxygen atoms in total. The molecule has 0 atom stereocenters. The number of benzene rings is 2. The van der Waals surface area contributed by atoms with E-state index in [9.17, 15) is 13.2 Å². The van der Waals surface area contributed by atoms with Gasteiger partial charge in [-0.3, -0.25) is 4.90 Å². The molecular weight excluding hydrogens is 404 g/mol. The van der Waals surface area contributed by atoms with E-state index in [-0.39, 0.29) is 12.4 Å². The van der Waals surface area contributed by atoms with Crippen molar-refractivity contribution < 1.29 is 8.42 Å². The maximum Gasteiger partial charge on any atom is 0.369 e. The Morgan fingerprint density at radius 2 is 1.63 bits per heavy atom. The first kappa shape index (κ1) is 20.5. The van der Waals surface area contributed by atoms with Gasteiger partial charge in [0.2, 0.25) is 10.0 Å². The Labute approximate surface area is 175 Å². The summed E-state index contributed by atoms with van der Waals surface area (Å²) in [5, 5.41) is 7.94. The SMILES string of the molecule is Cc1ccc(S(=O)(=O)N2CCCN(Cn3nnn(-c4ccccc4)c3=O)CC2)cc1. The monoisotopic (exact) mass is 428 g/mol. The summed E-state index contributed by atoms with van der Waals surface area (Å²) in [7, 11) is -3.53. The minimum atomic E-state index is -3.53. The molecule has 0 spiro atoms. The zero-order valence-corrected chi connectivity index (χ0v) is 17.6. The van der Waals surface area contributed by atoms with Crippen molar-refractivity contribution in [3.05, 3.63) is 70.6 Å². The Morgan fingerprint density at radius 3 is 2.37 bits per heavy atom.